The van der Waals surface area contributed by atoms with Gasteiger partial charge in [-0.2, -0.15) is 0 Å². The molecular weight excluding hydrogens is 254 g/mol. The molecule has 0 aromatic heterocycles. The van der Waals surface area contributed by atoms with Crippen LogP contribution in [0.3, 0.4) is 0 Å². The van der Waals surface area contributed by atoms with Gasteiger partial charge in [0.25, 0.3) is 0 Å². The molecule has 0 bridgehead atoms. The van der Waals surface area contributed by atoms with Crippen LogP contribution >= 0.6 is 11.6 Å². The number of rotatable bonds is 5. The van der Waals surface area contributed by atoms with Gasteiger partial charge in [-0.05, 0) is 36.6 Å². The molecule has 0 spiro atoms. The first kappa shape index (κ1) is 14.5. The van der Waals surface area contributed by atoms with Crippen LogP contribution in [0.1, 0.15) is 25.3 Å². The minimum absolute atomic E-state index is 0.00692. The van der Waals surface area contributed by atoms with E-state index in [2.05, 4.69) is 5.32 Å². The highest BCUT2D eigenvalue weighted by atomic mass is 35.5. The fourth-order valence-corrected chi connectivity index (χ4v) is 1.88. The fraction of sp³-hybridized carbons (Fsp3) is 0.385. The summed E-state index contributed by atoms with van der Waals surface area (Å²) in [6.07, 6.45) is 0.182. The number of carboxylic acid groups (broad SMARTS) is 1. The van der Waals surface area contributed by atoms with Crippen molar-refractivity contribution in [2.75, 3.05) is 5.32 Å². The Morgan fingerprint density at radius 2 is 2.06 bits per heavy atom. The molecule has 0 aliphatic carbocycles. The highest BCUT2D eigenvalue weighted by molar-refractivity contribution is 6.30. The van der Waals surface area contributed by atoms with Crippen molar-refractivity contribution in [3.8, 4) is 0 Å². The Kier molecular flexibility index (Phi) is 5.16. The van der Waals surface area contributed by atoms with Gasteiger partial charge in [0.2, 0.25) is 5.91 Å². The van der Waals surface area contributed by atoms with Gasteiger partial charge in [0.05, 0.1) is 0 Å². The average molecular weight is 270 g/mol. The van der Waals surface area contributed by atoms with Crippen LogP contribution in [0.2, 0.25) is 5.02 Å². The molecule has 0 aliphatic heterocycles. The van der Waals surface area contributed by atoms with Gasteiger partial charge in [-0.1, -0.05) is 18.5 Å². The quantitative estimate of drug-likeness (QED) is 0.863. The first-order valence-corrected chi connectivity index (χ1v) is 6.04. The van der Waals surface area contributed by atoms with Crippen molar-refractivity contribution in [3.63, 3.8) is 0 Å². The second-order valence-electron chi connectivity index (χ2n) is 4.41. The van der Waals surface area contributed by atoms with Crippen LogP contribution in [0.25, 0.3) is 0 Å². The number of amides is 1. The lowest BCUT2D eigenvalue weighted by Crippen LogP contribution is -2.17. The first-order chi connectivity index (χ1) is 8.38. The zero-order valence-corrected chi connectivity index (χ0v) is 11.1. The van der Waals surface area contributed by atoms with Gasteiger partial charge in [-0.25, -0.2) is 0 Å². The second kappa shape index (κ2) is 6.40. The maximum absolute atomic E-state index is 11.7. The normalized spacial score (nSPS) is 11.9. The van der Waals surface area contributed by atoms with E-state index in [1.165, 1.54) is 0 Å². The first-order valence-electron chi connectivity index (χ1n) is 5.66. The molecule has 1 rings (SSSR count). The molecule has 98 valence electrons. The molecule has 0 heterocycles. The van der Waals surface area contributed by atoms with E-state index in [0.29, 0.717) is 10.7 Å². The standard InChI is InChI=1S/C13H16ClNO3/c1-8(6-13(17)18)5-12(16)15-11-4-3-10(14)7-9(11)2/h3-4,7-8H,5-6H2,1-2H3,(H,15,16)(H,17,18). The third kappa shape index (κ3) is 4.75. The molecule has 0 aliphatic rings. The summed E-state index contributed by atoms with van der Waals surface area (Å²) in [7, 11) is 0. The minimum atomic E-state index is -0.891. The van der Waals surface area contributed by atoms with E-state index in [1.807, 2.05) is 6.92 Å². The van der Waals surface area contributed by atoms with Crippen LogP contribution in [0.4, 0.5) is 5.69 Å². The molecule has 4 nitrogen and oxygen atoms in total. The number of halogens is 1. The van der Waals surface area contributed by atoms with E-state index >= 15 is 0 Å². The summed E-state index contributed by atoms with van der Waals surface area (Å²) >= 11 is 5.82. The number of nitrogens with one attached hydrogen (secondary N) is 1. The summed E-state index contributed by atoms with van der Waals surface area (Å²) < 4.78 is 0. The largest absolute Gasteiger partial charge is 0.481 e. The molecule has 1 amide bonds. The molecule has 2 N–H and O–H groups in total. The molecular formula is C13H16ClNO3. The van der Waals surface area contributed by atoms with Gasteiger partial charge in [-0.15, -0.1) is 0 Å². The Balaban J connectivity index is 2.56. The van der Waals surface area contributed by atoms with Crippen LogP contribution in [0, 0.1) is 12.8 Å². The fourth-order valence-electron chi connectivity index (χ4n) is 1.66. The van der Waals surface area contributed by atoms with E-state index < -0.39 is 5.97 Å². The van der Waals surface area contributed by atoms with Gasteiger partial charge in [-0.3, -0.25) is 9.59 Å². The Bertz CT molecular complexity index is 460. The number of anilines is 1. The van der Waals surface area contributed by atoms with Gasteiger partial charge in [0.1, 0.15) is 0 Å². The van der Waals surface area contributed by atoms with Crippen LogP contribution in [-0.4, -0.2) is 17.0 Å². The smallest absolute Gasteiger partial charge is 0.303 e. The zero-order chi connectivity index (χ0) is 13.7. The van der Waals surface area contributed by atoms with Crippen LogP contribution < -0.4 is 5.32 Å². The lowest BCUT2D eigenvalue weighted by Gasteiger charge is -2.11. The van der Waals surface area contributed by atoms with Crippen molar-refractivity contribution < 1.29 is 14.7 Å². The van der Waals surface area contributed by atoms with E-state index in [-0.39, 0.29) is 24.7 Å². The molecule has 0 saturated carbocycles. The molecule has 1 aromatic rings. The van der Waals surface area contributed by atoms with E-state index in [9.17, 15) is 9.59 Å². The van der Waals surface area contributed by atoms with E-state index in [0.717, 1.165) is 5.56 Å². The van der Waals surface area contributed by atoms with Gasteiger partial charge < -0.3 is 10.4 Å². The zero-order valence-electron chi connectivity index (χ0n) is 10.4. The molecule has 0 saturated heterocycles. The van der Waals surface area contributed by atoms with Crippen molar-refractivity contribution in [3.05, 3.63) is 28.8 Å². The number of carboxylic acids is 1. The lowest BCUT2D eigenvalue weighted by atomic mass is 10.0. The molecule has 0 radical (unpaired) electrons. The Labute approximate surface area is 111 Å². The highest BCUT2D eigenvalue weighted by Gasteiger charge is 2.13. The molecule has 0 fully saturated rings. The summed E-state index contributed by atoms with van der Waals surface area (Å²) in [4.78, 5) is 22.2. The number of carbonyl (C=O) groups is 2. The SMILES string of the molecule is Cc1cc(Cl)ccc1NC(=O)CC(C)CC(=O)O. The second-order valence-corrected chi connectivity index (χ2v) is 4.85. The Morgan fingerprint density at radius 3 is 2.61 bits per heavy atom. The number of carbonyl (C=O) groups excluding carboxylic acids is 1. The van der Waals surface area contributed by atoms with Crippen molar-refractivity contribution in [1.29, 1.82) is 0 Å². The molecule has 18 heavy (non-hydrogen) atoms. The maximum atomic E-state index is 11.7. The number of hydrogen-bond acceptors (Lipinski definition) is 2. The van der Waals surface area contributed by atoms with Gasteiger partial charge >= 0.3 is 5.97 Å². The monoisotopic (exact) mass is 269 g/mol. The lowest BCUT2D eigenvalue weighted by molar-refractivity contribution is -0.138. The Hall–Kier alpha value is -1.55. The van der Waals surface area contributed by atoms with Gasteiger partial charge in [0.15, 0.2) is 0 Å². The minimum Gasteiger partial charge on any atom is -0.481 e. The van der Waals surface area contributed by atoms with Crippen molar-refractivity contribution in [2.45, 2.75) is 26.7 Å². The summed E-state index contributed by atoms with van der Waals surface area (Å²) in [5.74, 6) is -1.26. The number of aryl methyl sites for hydroxylation is 1. The van der Waals surface area contributed by atoms with Gasteiger partial charge in [0, 0.05) is 23.6 Å². The molecule has 1 unspecified atom stereocenters. The average Bonchev–Trinajstić information content (AvgIpc) is 2.20. The number of benzene rings is 1. The number of aliphatic carboxylic acids is 1. The summed E-state index contributed by atoms with van der Waals surface area (Å²) in [6.45, 7) is 3.59. The van der Waals surface area contributed by atoms with Crippen molar-refractivity contribution >= 4 is 29.2 Å². The number of hydrogen-bond donors (Lipinski definition) is 2. The summed E-state index contributed by atoms with van der Waals surface area (Å²) in [5, 5.41) is 12.0. The van der Waals surface area contributed by atoms with Crippen LogP contribution in [0.15, 0.2) is 18.2 Å². The van der Waals surface area contributed by atoms with Crippen LogP contribution in [0.5, 0.6) is 0 Å². The van der Waals surface area contributed by atoms with Crippen LogP contribution in [-0.2, 0) is 9.59 Å². The summed E-state index contributed by atoms with van der Waals surface area (Å²) in [5.41, 5.74) is 1.58. The predicted molar refractivity (Wildman–Crippen MR) is 70.9 cm³/mol. The predicted octanol–water partition coefficient (Wildman–Crippen LogP) is 3.09. The maximum Gasteiger partial charge on any atom is 0.303 e. The Morgan fingerprint density at radius 1 is 1.39 bits per heavy atom. The highest BCUT2D eigenvalue weighted by Crippen LogP contribution is 2.20. The molecule has 1 aromatic carbocycles. The topological polar surface area (TPSA) is 66.4 Å². The van der Waals surface area contributed by atoms with E-state index in [4.69, 9.17) is 16.7 Å². The summed E-state index contributed by atoms with van der Waals surface area (Å²) in [6, 6.07) is 5.19. The van der Waals surface area contributed by atoms with E-state index in [1.54, 1.807) is 25.1 Å². The molecule has 1 atom stereocenters. The van der Waals surface area contributed by atoms with Crippen molar-refractivity contribution in [1.82, 2.24) is 0 Å². The van der Waals surface area contributed by atoms with Crippen molar-refractivity contribution in [2.24, 2.45) is 5.92 Å². The third-order valence-electron chi connectivity index (χ3n) is 2.52. The molecule has 5 heteroatoms. The third-order valence-corrected chi connectivity index (χ3v) is 2.75.